The van der Waals surface area contributed by atoms with Gasteiger partial charge < -0.3 is 14.4 Å². The minimum absolute atomic E-state index is 0.0622. The predicted octanol–water partition coefficient (Wildman–Crippen LogP) is 5.38. The van der Waals surface area contributed by atoms with Crippen LogP contribution in [0, 0.1) is 16.0 Å². The average molecular weight is 617 g/mol. The average Bonchev–Trinajstić information content (AvgIpc) is 2.96. The van der Waals surface area contributed by atoms with E-state index in [9.17, 15) is 32.9 Å². The third kappa shape index (κ3) is 7.62. The largest absolute Gasteiger partial charge is 0.462 e. The number of nitro groups is 1. The van der Waals surface area contributed by atoms with Crippen LogP contribution >= 0.6 is 0 Å². The first-order valence-electron chi connectivity index (χ1n) is 14.3. The van der Waals surface area contributed by atoms with Crippen molar-refractivity contribution in [3.63, 3.8) is 0 Å². The molecule has 236 valence electrons. The molecular formula is C31H35F3N4O6. The summed E-state index contributed by atoms with van der Waals surface area (Å²) in [5.74, 6) is -2.95. The van der Waals surface area contributed by atoms with Crippen LogP contribution in [0.15, 0.2) is 64.8 Å². The maximum atomic E-state index is 13.5. The molecule has 0 radical (unpaired) electrons. The molecule has 2 unspecified atom stereocenters. The zero-order valence-electron chi connectivity index (χ0n) is 25.0. The summed E-state index contributed by atoms with van der Waals surface area (Å²) in [6.07, 6.45) is -4.79. The number of allylic oxidation sites excluding steroid dienone is 1. The topological polar surface area (TPSA) is 115 Å². The van der Waals surface area contributed by atoms with E-state index in [2.05, 4.69) is 9.89 Å². The molecule has 0 spiro atoms. The molecule has 2 aromatic carbocycles. The van der Waals surface area contributed by atoms with Crippen molar-refractivity contribution >= 4 is 29.0 Å². The monoisotopic (exact) mass is 616 g/mol. The third-order valence-corrected chi connectivity index (χ3v) is 7.69. The Morgan fingerprint density at radius 2 is 1.64 bits per heavy atom. The second kappa shape index (κ2) is 13.6. The minimum atomic E-state index is -4.38. The Labute approximate surface area is 253 Å². The van der Waals surface area contributed by atoms with Gasteiger partial charge in [-0.05, 0) is 57.5 Å². The van der Waals surface area contributed by atoms with Gasteiger partial charge in [0, 0.05) is 67.9 Å². The number of halogens is 3. The number of nitrogens with zero attached hydrogens (tertiary/aromatic N) is 4. The van der Waals surface area contributed by atoms with Gasteiger partial charge in [-0.25, -0.2) is 4.79 Å². The fourth-order valence-electron chi connectivity index (χ4n) is 5.51. The molecule has 2 aliphatic rings. The molecule has 2 heterocycles. The molecule has 0 saturated carbocycles. The molecule has 13 heteroatoms. The smallest absolute Gasteiger partial charge is 0.416 e. The van der Waals surface area contributed by atoms with Gasteiger partial charge in [0.15, 0.2) is 0 Å². The lowest BCUT2D eigenvalue weighted by Gasteiger charge is -2.36. The van der Waals surface area contributed by atoms with Gasteiger partial charge in [-0.15, -0.1) is 0 Å². The number of hydrogen-bond donors (Lipinski definition) is 0. The van der Waals surface area contributed by atoms with Crippen LogP contribution in [0.25, 0.3) is 0 Å². The number of alkyl halides is 3. The highest BCUT2D eigenvalue weighted by atomic mass is 19.4. The number of carbonyl (C=O) groups excluding carboxylic acids is 2. The van der Waals surface area contributed by atoms with E-state index in [-0.39, 0.29) is 17.9 Å². The first-order valence-corrected chi connectivity index (χ1v) is 14.3. The SMILES string of the molecule is CC1=NC(C)=C(C(=O)OCCN2CCN(c3ccc(C(F)(F)F)cc3)CC2)C(c2ccc([N+](=O)[O-])cc2)C1C(=O)OC(C)C. The quantitative estimate of drug-likeness (QED) is 0.210. The molecule has 44 heavy (non-hydrogen) atoms. The summed E-state index contributed by atoms with van der Waals surface area (Å²) < 4.78 is 49.8. The number of hydrogen-bond acceptors (Lipinski definition) is 9. The highest BCUT2D eigenvalue weighted by Gasteiger charge is 2.43. The number of nitro benzene ring substituents is 1. The number of anilines is 1. The Morgan fingerprint density at radius 1 is 1.02 bits per heavy atom. The van der Waals surface area contributed by atoms with E-state index >= 15 is 0 Å². The van der Waals surface area contributed by atoms with Crippen LogP contribution < -0.4 is 4.90 Å². The maximum Gasteiger partial charge on any atom is 0.416 e. The first-order chi connectivity index (χ1) is 20.8. The summed E-state index contributed by atoms with van der Waals surface area (Å²) in [6, 6.07) is 10.8. The predicted molar refractivity (Wildman–Crippen MR) is 157 cm³/mol. The Kier molecular flexibility index (Phi) is 10.1. The van der Waals surface area contributed by atoms with Crippen molar-refractivity contribution < 1.29 is 37.2 Å². The number of non-ortho nitro benzene ring substituents is 1. The van der Waals surface area contributed by atoms with Crippen LogP contribution in [0.5, 0.6) is 0 Å². The lowest BCUT2D eigenvalue weighted by atomic mass is 9.75. The Balaban J connectivity index is 1.43. The Hall–Kier alpha value is -4.26. The lowest BCUT2D eigenvalue weighted by Crippen LogP contribution is -2.47. The number of benzene rings is 2. The van der Waals surface area contributed by atoms with Gasteiger partial charge in [0.25, 0.3) is 5.69 Å². The number of aliphatic imine (C=N–C) groups is 1. The lowest BCUT2D eigenvalue weighted by molar-refractivity contribution is -0.384. The summed E-state index contributed by atoms with van der Waals surface area (Å²) >= 11 is 0. The van der Waals surface area contributed by atoms with Gasteiger partial charge in [0.1, 0.15) is 12.5 Å². The standard InChI is InChI=1S/C31H35F3N4O6/c1-19(2)44-30(40)27-21(4)35-20(3)26(28(27)22-5-9-25(10-6-22)38(41)42)29(39)43-18-17-36-13-15-37(16-14-36)24-11-7-23(8-12-24)31(32,33)34/h5-12,19,27-28H,13-18H2,1-4H3. The second-order valence-corrected chi connectivity index (χ2v) is 11.1. The Bertz CT molecular complexity index is 1430. The number of rotatable bonds is 9. The third-order valence-electron chi connectivity index (χ3n) is 7.69. The zero-order valence-corrected chi connectivity index (χ0v) is 25.0. The van der Waals surface area contributed by atoms with E-state index < -0.39 is 46.5 Å². The van der Waals surface area contributed by atoms with E-state index in [4.69, 9.17) is 9.47 Å². The van der Waals surface area contributed by atoms with Crippen LogP contribution in [0.2, 0.25) is 0 Å². The van der Waals surface area contributed by atoms with Crippen molar-refractivity contribution in [2.24, 2.45) is 10.9 Å². The summed E-state index contributed by atoms with van der Waals surface area (Å²) in [5, 5.41) is 11.2. The molecule has 0 aliphatic carbocycles. The molecule has 1 saturated heterocycles. The van der Waals surface area contributed by atoms with Crippen molar-refractivity contribution in [1.29, 1.82) is 0 Å². The van der Waals surface area contributed by atoms with E-state index in [0.717, 1.165) is 12.1 Å². The van der Waals surface area contributed by atoms with Crippen LogP contribution in [-0.4, -0.2) is 72.9 Å². The molecule has 0 N–H and O–H groups in total. The number of ether oxygens (including phenoxy) is 2. The minimum Gasteiger partial charge on any atom is -0.462 e. The van der Waals surface area contributed by atoms with E-state index in [0.29, 0.717) is 55.4 Å². The molecule has 10 nitrogen and oxygen atoms in total. The zero-order chi connectivity index (χ0) is 32.2. The van der Waals surface area contributed by atoms with Crippen molar-refractivity contribution in [2.75, 3.05) is 44.2 Å². The van der Waals surface area contributed by atoms with Gasteiger partial charge in [0.05, 0.1) is 22.2 Å². The molecule has 0 aromatic heterocycles. The number of esters is 2. The molecule has 2 aliphatic heterocycles. The van der Waals surface area contributed by atoms with Crippen molar-refractivity contribution in [3.05, 3.63) is 81.0 Å². The Morgan fingerprint density at radius 3 is 2.18 bits per heavy atom. The van der Waals surface area contributed by atoms with Crippen molar-refractivity contribution in [3.8, 4) is 0 Å². The summed E-state index contributed by atoms with van der Waals surface area (Å²) in [4.78, 5) is 46.0. The van der Waals surface area contributed by atoms with Gasteiger partial charge in [0.2, 0.25) is 0 Å². The molecule has 0 amide bonds. The van der Waals surface area contributed by atoms with Gasteiger partial charge in [-0.1, -0.05) is 12.1 Å². The normalized spacial score (nSPS) is 19.5. The molecule has 0 bridgehead atoms. The summed E-state index contributed by atoms with van der Waals surface area (Å²) in [5.41, 5.74) is 1.43. The fourth-order valence-corrected chi connectivity index (χ4v) is 5.51. The van der Waals surface area contributed by atoms with Gasteiger partial charge in [-0.2, -0.15) is 13.2 Å². The highest BCUT2D eigenvalue weighted by molar-refractivity contribution is 6.07. The van der Waals surface area contributed by atoms with Crippen LogP contribution in [0.4, 0.5) is 24.5 Å². The molecule has 2 aromatic rings. The van der Waals surface area contributed by atoms with Crippen molar-refractivity contribution in [1.82, 2.24) is 4.90 Å². The first kappa shape index (κ1) is 32.6. The van der Waals surface area contributed by atoms with Crippen LogP contribution in [-0.2, 0) is 25.2 Å². The van der Waals surface area contributed by atoms with Crippen LogP contribution in [0.3, 0.4) is 0 Å². The second-order valence-electron chi connectivity index (χ2n) is 11.1. The summed E-state index contributed by atoms with van der Waals surface area (Å²) in [7, 11) is 0. The van der Waals surface area contributed by atoms with Gasteiger partial charge >= 0.3 is 18.1 Å². The van der Waals surface area contributed by atoms with E-state index in [1.54, 1.807) is 27.7 Å². The molecule has 1 fully saturated rings. The van der Waals surface area contributed by atoms with Gasteiger partial charge in [-0.3, -0.25) is 24.8 Å². The highest BCUT2D eigenvalue weighted by Crippen LogP contribution is 2.40. The number of piperazine rings is 1. The molecular weight excluding hydrogens is 581 g/mol. The van der Waals surface area contributed by atoms with E-state index in [1.807, 2.05) is 4.90 Å². The number of carbonyl (C=O) groups is 2. The summed E-state index contributed by atoms with van der Waals surface area (Å²) in [6.45, 7) is 9.70. The van der Waals surface area contributed by atoms with E-state index in [1.165, 1.54) is 36.4 Å². The molecule has 4 rings (SSSR count). The fraction of sp³-hybridized carbons (Fsp3) is 0.452. The van der Waals surface area contributed by atoms with Crippen molar-refractivity contribution in [2.45, 2.75) is 45.9 Å². The maximum absolute atomic E-state index is 13.5. The van der Waals surface area contributed by atoms with Crippen LogP contribution in [0.1, 0.15) is 44.7 Å². The molecule has 2 atom stereocenters.